The first-order valence-corrected chi connectivity index (χ1v) is 14.6. The van der Waals surface area contributed by atoms with Gasteiger partial charge in [-0.05, 0) is 76.8 Å². The van der Waals surface area contributed by atoms with Crippen molar-refractivity contribution in [2.24, 2.45) is 0 Å². The SMILES string of the molecule is CCc1ccc(C(OS(=O)(=O)c2ccc(CC)cc2)(c2ccc(CC)cc2)c2ccc(CC)cc2)cc1. The Labute approximate surface area is 222 Å². The van der Waals surface area contributed by atoms with Crippen molar-refractivity contribution in [3.05, 3.63) is 136 Å². The van der Waals surface area contributed by atoms with E-state index in [0.717, 1.165) is 47.9 Å². The minimum Gasteiger partial charge on any atom is -0.245 e. The van der Waals surface area contributed by atoms with Crippen LogP contribution < -0.4 is 0 Å². The van der Waals surface area contributed by atoms with Crippen molar-refractivity contribution in [1.29, 1.82) is 0 Å². The molecular formula is C33H36O3S. The summed E-state index contributed by atoms with van der Waals surface area (Å²) in [5.74, 6) is 0. The molecule has 3 nitrogen and oxygen atoms in total. The van der Waals surface area contributed by atoms with Crippen molar-refractivity contribution in [3.8, 4) is 0 Å². The fourth-order valence-electron chi connectivity index (χ4n) is 4.67. The van der Waals surface area contributed by atoms with Crippen LogP contribution in [0.15, 0.2) is 102 Å². The lowest BCUT2D eigenvalue weighted by molar-refractivity contribution is 0.164. The second-order valence-corrected chi connectivity index (χ2v) is 10.9. The van der Waals surface area contributed by atoms with Gasteiger partial charge in [0.05, 0.1) is 4.90 Å². The quantitative estimate of drug-likeness (QED) is 0.162. The van der Waals surface area contributed by atoms with Gasteiger partial charge in [0, 0.05) is 0 Å². The maximum atomic E-state index is 13.9. The number of hydrogen-bond acceptors (Lipinski definition) is 3. The molecule has 0 spiro atoms. The number of benzene rings is 4. The number of rotatable bonds is 10. The number of aryl methyl sites for hydroxylation is 4. The summed E-state index contributed by atoms with van der Waals surface area (Å²) in [6, 6.07) is 31.3. The largest absolute Gasteiger partial charge is 0.298 e. The lowest BCUT2D eigenvalue weighted by atomic mass is 9.79. The van der Waals surface area contributed by atoms with Gasteiger partial charge in [-0.25, -0.2) is 4.18 Å². The monoisotopic (exact) mass is 512 g/mol. The highest BCUT2D eigenvalue weighted by Crippen LogP contribution is 2.43. The van der Waals surface area contributed by atoms with Gasteiger partial charge < -0.3 is 0 Å². The van der Waals surface area contributed by atoms with Crippen molar-refractivity contribution >= 4 is 10.1 Å². The first kappa shape index (κ1) is 26.8. The molecular weight excluding hydrogens is 476 g/mol. The zero-order valence-electron chi connectivity index (χ0n) is 22.2. The van der Waals surface area contributed by atoms with E-state index in [-0.39, 0.29) is 4.90 Å². The molecule has 4 rings (SSSR count). The summed E-state index contributed by atoms with van der Waals surface area (Å²) in [6.07, 6.45) is 3.52. The van der Waals surface area contributed by atoms with Gasteiger partial charge in [0.15, 0.2) is 5.60 Å². The zero-order valence-corrected chi connectivity index (χ0v) is 23.0. The fraction of sp³-hybridized carbons (Fsp3) is 0.273. The maximum Gasteiger partial charge on any atom is 0.298 e. The molecule has 0 heterocycles. The Balaban J connectivity index is 1.99. The van der Waals surface area contributed by atoms with Crippen molar-refractivity contribution in [2.75, 3.05) is 0 Å². The molecule has 0 aliphatic carbocycles. The van der Waals surface area contributed by atoms with Crippen LogP contribution in [0, 0.1) is 0 Å². The van der Waals surface area contributed by atoms with E-state index in [1.54, 1.807) is 12.1 Å². The van der Waals surface area contributed by atoms with Gasteiger partial charge in [-0.2, -0.15) is 8.42 Å². The maximum absolute atomic E-state index is 13.9. The van der Waals surface area contributed by atoms with Gasteiger partial charge in [0.25, 0.3) is 10.1 Å². The standard InChI is InChI=1S/C33H36O3S/c1-5-25-9-17-29(18-10-25)33(30-19-11-26(6-2)12-20-30,31-21-13-27(7-3)14-22-31)36-37(34,35)32-23-15-28(8-4)16-24-32/h9-24H,5-8H2,1-4H3. The summed E-state index contributed by atoms with van der Waals surface area (Å²) in [6.45, 7) is 8.37. The minimum atomic E-state index is -4.13. The molecule has 0 aliphatic heterocycles. The van der Waals surface area contributed by atoms with Crippen molar-refractivity contribution in [2.45, 2.75) is 63.9 Å². The summed E-state index contributed by atoms with van der Waals surface area (Å²) >= 11 is 0. The molecule has 0 amide bonds. The van der Waals surface area contributed by atoms with Gasteiger partial charge in [-0.15, -0.1) is 0 Å². The van der Waals surface area contributed by atoms with E-state index in [2.05, 4.69) is 57.2 Å². The van der Waals surface area contributed by atoms with Crippen LogP contribution in [0.1, 0.15) is 66.6 Å². The average molecular weight is 513 g/mol. The first-order chi connectivity index (χ1) is 17.9. The topological polar surface area (TPSA) is 43.4 Å². The summed E-state index contributed by atoms with van der Waals surface area (Å²) in [5, 5.41) is 0. The minimum absolute atomic E-state index is 0.148. The molecule has 0 aromatic heterocycles. The van der Waals surface area contributed by atoms with E-state index >= 15 is 0 Å². The second kappa shape index (κ2) is 11.5. The highest BCUT2D eigenvalue weighted by atomic mass is 32.2. The van der Waals surface area contributed by atoms with Crippen molar-refractivity contribution in [1.82, 2.24) is 0 Å². The summed E-state index contributed by atoms with van der Waals surface area (Å²) in [4.78, 5) is 0.148. The Kier molecular flexibility index (Phi) is 8.31. The molecule has 4 heteroatoms. The van der Waals surface area contributed by atoms with E-state index in [1.807, 2.05) is 55.5 Å². The molecule has 0 aliphatic rings. The zero-order chi connectivity index (χ0) is 26.5. The van der Waals surface area contributed by atoms with Gasteiger partial charge in [0.2, 0.25) is 0 Å². The summed E-state index contributed by atoms with van der Waals surface area (Å²) in [5.41, 5.74) is 5.57. The predicted molar refractivity (Wildman–Crippen MR) is 151 cm³/mol. The lowest BCUT2D eigenvalue weighted by Gasteiger charge is -2.35. The van der Waals surface area contributed by atoms with Crippen molar-refractivity contribution in [3.63, 3.8) is 0 Å². The van der Waals surface area contributed by atoms with Gasteiger partial charge in [-0.3, -0.25) is 0 Å². The highest BCUT2D eigenvalue weighted by molar-refractivity contribution is 7.86. The molecule has 0 saturated heterocycles. The Hall–Kier alpha value is -3.21. The van der Waals surface area contributed by atoms with Crippen molar-refractivity contribution < 1.29 is 12.6 Å². The molecule has 0 bridgehead atoms. The number of hydrogen-bond donors (Lipinski definition) is 0. The normalized spacial score (nSPS) is 12.0. The van der Waals surface area contributed by atoms with E-state index in [9.17, 15) is 8.42 Å². The average Bonchev–Trinajstić information content (AvgIpc) is 2.96. The van der Waals surface area contributed by atoms with Crippen LogP contribution in [0.5, 0.6) is 0 Å². The van der Waals surface area contributed by atoms with Crippen LogP contribution in [-0.2, 0) is 45.6 Å². The third-order valence-electron chi connectivity index (χ3n) is 7.16. The molecule has 0 saturated carbocycles. The first-order valence-electron chi connectivity index (χ1n) is 13.2. The van der Waals surface area contributed by atoms with E-state index in [1.165, 1.54) is 16.7 Å². The van der Waals surface area contributed by atoms with Crippen LogP contribution >= 0.6 is 0 Å². The molecule has 4 aromatic carbocycles. The molecule has 0 fully saturated rings. The lowest BCUT2D eigenvalue weighted by Crippen LogP contribution is -2.35. The van der Waals surface area contributed by atoms with Gasteiger partial charge in [0.1, 0.15) is 0 Å². The molecule has 0 atom stereocenters. The molecule has 4 aromatic rings. The molecule has 192 valence electrons. The summed E-state index contributed by atoms with van der Waals surface area (Å²) in [7, 11) is -4.13. The van der Waals surface area contributed by atoms with Crippen LogP contribution in [0.2, 0.25) is 0 Å². The Morgan fingerprint density at radius 3 is 1.03 bits per heavy atom. The van der Waals surface area contributed by atoms with E-state index < -0.39 is 15.7 Å². The van der Waals surface area contributed by atoms with Crippen LogP contribution in [0.3, 0.4) is 0 Å². The molecule has 37 heavy (non-hydrogen) atoms. The van der Waals surface area contributed by atoms with Crippen LogP contribution in [0.4, 0.5) is 0 Å². The third kappa shape index (κ3) is 5.56. The van der Waals surface area contributed by atoms with Crippen LogP contribution in [-0.4, -0.2) is 8.42 Å². The van der Waals surface area contributed by atoms with Gasteiger partial charge in [-0.1, -0.05) is 113 Å². The van der Waals surface area contributed by atoms with E-state index in [4.69, 9.17) is 4.18 Å². The molecule has 0 radical (unpaired) electrons. The van der Waals surface area contributed by atoms with Crippen LogP contribution in [0.25, 0.3) is 0 Å². The fourth-order valence-corrected chi connectivity index (χ4v) is 5.86. The highest BCUT2D eigenvalue weighted by Gasteiger charge is 2.42. The van der Waals surface area contributed by atoms with Gasteiger partial charge >= 0.3 is 0 Å². The Bertz CT molecular complexity index is 1290. The Morgan fingerprint density at radius 2 is 0.757 bits per heavy atom. The third-order valence-corrected chi connectivity index (χ3v) is 8.48. The second-order valence-electron chi connectivity index (χ2n) is 9.37. The predicted octanol–water partition coefficient (Wildman–Crippen LogP) is 7.63. The summed E-state index contributed by atoms with van der Waals surface area (Å²) < 4.78 is 34.3. The Morgan fingerprint density at radius 1 is 0.486 bits per heavy atom. The smallest absolute Gasteiger partial charge is 0.245 e. The van der Waals surface area contributed by atoms with E-state index in [0.29, 0.717) is 0 Å². The molecule has 0 unspecified atom stereocenters. The molecule has 0 N–H and O–H groups in total.